The number of guanidine groups is 1. The van der Waals surface area contributed by atoms with Crippen molar-refractivity contribution < 1.29 is 13.5 Å². The van der Waals surface area contributed by atoms with Crippen LogP contribution in [0, 0.1) is 11.6 Å². The molecule has 114 valence electrons. The predicted molar refractivity (Wildman–Crippen MR) is 86.7 cm³/mol. The van der Waals surface area contributed by atoms with E-state index in [4.69, 9.17) is 4.74 Å². The molecule has 0 saturated carbocycles. The third-order valence-electron chi connectivity index (χ3n) is 2.55. The molecule has 0 aliphatic heterocycles. The van der Waals surface area contributed by atoms with Crippen LogP contribution in [-0.2, 0) is 11.2 Å². The summed E-state index contributed by atoms with van der Waals surface area (Å²) in [5.74, 6) is -0.470. The fraction of sp³-hybridized carbons (Fsp3) is 0.462. The van der Waals surface area contributed by atoms with E-state index in [2.05, 4.69) is 15.6 Å². The van der Waals surface area contributed by atoms with E-state index in [9.17, 15) is 8.78 Å². The van der Waals surface area contributed by atoms with Gasteiger partial charge in [0.1, 0.15) is 11.6 Å². The summed E-state index contributed by atoms with van der Waals surface area (Å²) in [5, 5.41) is 5.99. The lowest BCUT2D eigenvalue weighted by atomic mass is 10.1. The Balaban J connectivity index is 0.00000361. The molecule has 0 radical (unpaired) electrons. The van der Waals surface area contributed by atoms with Gasteiger partial charge in [0, 0.05) is 32.8 Å². The van der Waals surface area contributed by atoms with E-state index in [0.29, 0.717) is 25.7 Å². The number of hydrogen-bond acceptors (Lipinski definition) is 2. The van der Waals surface area contributed by atoms with E-state index in [1.165, 1.54) is 18.2 Å². The summed E-state index contributed by atoms with van der Waals surface area (Å²) in [7, 11) is 3.24. The van der Waals surface area contributed by atoms with Crippen LogP contribution >= 0.6 is 24.0 Å². The van der Waals surface area contributed by atoms with Crippen LogP contribution in [0.2, 0.25) is 0 Å². The molecule has 0 aromatic heterocycles. The van der Waals surface area contributed by atoms with Crippen LogP contribution < -0.4 is 10.6 Å². The number of hydrogen-bond donors (Lipinski definition) is 2. The maximum Gasteiger partial charge on any atom is 0.191 e. The summed E-state index contributed by atoms with van der Waals surface area (Å²) in [6.07, 6.45) is 0.253. The average molecular weight is 399 g/mol. The SMILES string of the molecule is CN=C(NCCOC)NCCc1c(F)cccc1F.I. The van der Waals surface area contributed by atoms with E-state index in [1.807, 2.05) is 0 Å². The van der Waals surface area contributed by atoms with Gasteiger partial charge in [-0.05, 0) is 18.6 Å². The van der Waals surface area contributed by atoms with E-state index < -0.39 is 11.6 Å². The second kappa shape index (κ2) is 10.8. The maximum absolute atomic E-state index is 13.4. The summed E-state index contributed by atoms with van der Waals surface area (Å²) >= 11 is 0. The lowest BCUT2D eigenvalue weighted by molar-refractivity contribution is 0.203. The summed E-state index contributed by atoms with van der Waals surface area (Å²) in [4.78, 5) is 3.99. The average Bonchev–Trinajstić information content (AvgIpc) is 2.40. The lowest BCUT2D eigenvalue weighted by Crippen LogP contribution is -2.39. The van der Waals surface area contributed by atoms with Crippen molar-refractivity contribution in [1.29, 1.82) is 0 Å². The van der Waals surface area contributed by atoms with E-state index >= 15 is 0 Å². The highest BCUT2D eigenvalue weighted by Gasteiger charge is 2.07. The number of nitrogens with one attached hydrogen (secondary N) is 2. The second-order valence-corrected chi connectivity index (χ2v) is 3.87. The smallest absolute Gasteiger partial charge is 0.191 e. The molecule has 1 aromatic rings. The number of ether oxygens (including phenoxy) is 1. The van der Waals surface area contributed by atoms with E-state index in [-0.39, 0.29) is 36.0 Å². The monoisotopic (exact) mass is 399 g/mol. The van der Waals surface area contributed by atoms with E-state index in [1.54, 1.807) is 14.2 Å². The van der Waals surface area contributed by atoms with Crippen molar-refractivity contribution in [3.05, 3.63) is 35.4 Å². The third kappa shape index (κ3) is 6.47. The molecule has 0 atom stereocenters. The predicted octanol–water partition coefficient (Wildman–Crippen LogP) is 1.94. The zero-order chi connectivity index (χ0) is 14.1. The molecule has 0 aliphatic carbocycles. The Kier molecular flexibility index (Phi) is 10.3. The summed E-state index contributed by atoms with van der Waals surface area (Å²) in [5.41, 5.74) is 0.0855. The normalized spacial score (nSPS) is 10.9. The Morgan fingerprint density at radius 1 is 1.20 bits per heavy atom. The highest BCUT2D eigenvalue weighted by molar-refractivity contribution is 14.0. The largest absolute Gasteiger partial charge is 0.383 e. The van der Waals surface area contributed by atoms with E-state index in [0.717, 1.165) is 0 Å². The minimum absolute atomic E-state index is 0. The molecule has 0 heterocycles. The van der Waals surface area contributed by atoms with Gasteiger partial charge in [-0.1, -0.05) is 6.07 Å². The van der Waals surface area contributed by atoms with Gasteiger partial charge in [0.15, 0.2) is 5.96 Å². The molecule has 2 N–H and O–H groups in total. The minimum atomic E-state index is -0.524. The van der Waals surface area contributed by atoms with Gasteiger partial charge in [-0.3, -0.25) is 4.99 Å². The van der Waals surface area contributed by atoms with Crippen molar-refractivity contribution in [1.82, 2.24) is 10.6 Å². The first-order valence-electron chi connectivity index (χ1n) is 6.05. The summed E-state index contributed by atoms with van der Waals surface area (Å²) in [6.45, 7) is 1.57. The standard InChI is InChI=1S/C13H19F2N3O.HI/c1-16-13(18-8-9-19-2)17-7-6-10-11(14)4-3-5-12(10)15;/h3-5H,6-9H2,1-2H3,(H2,16,17,18);1H. The lowest BCUT2D eigenvalue weighted by Gasteiger charge is -2.12. The van der Waals surface area contributed by atoms with Crippen LogP contribution in [0.15, 0.2) is 23.2 Å². The highest BCUT2D eigenvalue weighted by Crippen LogP contribution is 2.11. The first-order valence-corrected chi connectivity index (χ1v) is 6.05. The molecule has 0 bridgehead atoms. The van der Waals surface area contributed by atoms with Gasteiger partial charge in [0.05, 0.1) is 6.61 Å². The molecule has 0 aliphatic rings. The van der Waals surface area contributed by atoms with Crippen LogP contribution in [0.4, 0.5) is 8.78 Å². The molecule has 1 rings (SSSR count). The van der Waals surface area contributed by atoms with Crippen molar-refractivity contribution >= 4 is 29.9 Å². The maximum atomic E-state index is 13.4. The molecule has 1 aromatic carbocycles. The molecular formula is C13H20F2IN3O. The van der Waals surface area contributed by atoms with Crippen LogP contribution in [-0.4, -0.2) is 39.8 Å². The first-order chi connectivity index (χ1) is 9.19. The van der Waals surface area contributed by atoms with Gasteiger partial charge in [0.25, 0.3) is 0 Å². The number of nitrogens with zero attached hydrogens (tertiary/aromatic N) is 1. The van der Waals surface area contributed by atoms with Crippen molar-refractivity contribution in [3.8, 4) is 0 Å². The molecule has 4 nitrogen and oxygen atoms in total. The minimum Gasteiger partial charge on any atom is -0.383 e. The Hall–Kier alpha value is -0.960. The molecule has 0 spiro atoms. The molecule has 0 fully saturated rings. The third-order valence-corrected chi connectivity index (χ3v) is 2.55. The molecular weight excluding hydrogens is 379 g/mol. The number of halogens is 3. The van der Waals surface area contributed by atoms with Crippen LogP contribution in [0.25, 0.3) is 0 Å². The number of benzene rings is 1. The molecule has 0 saturated heterocycles. The highest BCUT2D eigenvalue weighted by atomic mass is 127. The van der Waals surface area contributed by atoms with Crippen LogP contribution in [0.5, 0.6) is 0 Å². The fourth-order valence-corrected chi connectivity index (χ4v) is 1.57. The summed E-state index contributed by atoms with van der Waals surface area (Å²) < 4.78 is 31.6. The quantitative estimate of drug-likeness (QED) is 0.333. The van der Waals surface area contributed by atoms with Gasteiger partial charge in [-0.2, -0.15) is 0 Å². The Labute approximate surface area is 135 Å². The van der Waals surface area contributed by atoms with Crippen LogP contribution in [0.3, 0.4) is 0 Å². The van der Waals surface area contributed by atoms with Gasteiger partial charge < -0.3 is 15.4 Å². The van der Waals surface area contributed by atoms with Crippen molar-refractivity contribution in [3.63, 3.8) is 0 Å². The fourth-order valence-electron chi connectivity index (χ4n) is 1.57. The molecule has 0 unspecified atom stereocenters. The summed E-state index contributed by atoms with van der Waals surface area (Å²) in [6, 6.07) is 3.86. The Bertz CT molecular complexity index is 410. The Morgan fingerprint density at radius 2 is 1.80 bits per heavy atom. The topological polar surface area (TPSA) is 45.7 Å². The zero-order valence-electron chi connectivity index (χ0n) is 11.6. The first kappa shape index (κ1) is 19.0. The van der Waals surface area contributed by atoms with Gasteiger partial charge in [-0.25, -0.2) is 8.78 Å². The Morgan fingerprint density at radius 3 is 2.35 bits per heavy atom. The molecule has 0 amide bonds. The number of aliphatic imine (C=N–C) groups is 1. The van der Waals surface area contributed by atoms with Gasteiger partial charge >= 0.3 is 0 Å². The van der Waals surface area contributed by atoms with Gasteiger partial charge in [-0.15, -0.1) is 24.0 Å². The van der Waals surface area contributed by atoms with Crippen LogP contribution in [0.1, 0.15) is 5.56 Å². The van der Waals surface area contributed by atoms with Crippen molar-refractivity contribution in [2.75, 3.05) is 33.9 Å². The van der Waals surface area contributed by atoms with Gasteiger partial charge in [0.2, 0.25) is 0 Å². The molecule has 20 heavy (non-hydrogen) atoms. The molecule has 7 heteroatoms. The number of rotatable bonds is 6. The van der Waals surface area contributed by atoms with Crippen molar-refractivity contribution in [2.45, 2.75) is 6.42 Å². The van der Waals surface area contributed by atoms with Crippen molar-refractivity contribution in [2.24, 2.45) is 4.99 Å². The zero-order valence-corrected chi connectivity index (χ0v) is 13.9. The number of methoxy groups -OCH3 is 1. The second-order valence-electron chi connectivity index (χ2n) is 3.87.